The van der Waals surface area contributed by atoms with Crippen molar-refractivity contribution in [1.29, 1.82) is 0 Å². The van der Waals surface area contributed by atoms with Crippen molar-refractivity contribution in [1.82, 2.24) is 9.62 Å². The molecule has 1 aliphatic rings. The van der Waals surface area contributed by atoms with Crippen LogP contribution in [0.25, 0.3) is 0 Å². The highest BCUT2D eigenvalue weighted by molar-refractivity contribution is 7.89. The number of hydrogen-bond acceptors (Lipinski definition) is 4. The van der Waals surface area contributed by atoms with Crippen molar-refractivity contribution in [2.24, 2.45) is 0 Å². The highest BCUT2D eigenvalue weighted by Gasteiger charge is 2.27. The molecule has 2 N–H and O–H groups in total. The number of hydrogen-bond donors (Lipinski definition) is 2. The summed E-state index contributed by atoms with van der Waals surface area (Å²) in [5.74, 6) is -0.213. The maximum atomic E-state index is 12.1. The van der Waals surface area contributed by atoms with Crippen LogP contribution >= 0.6 is 0 Å². The Hall–Kier alpha value is -1.60. The van der Waals surface area contributed by atoms with Gasteiger partial charge in [0.05, 0.1) is 10.9 Å². The third-order valence-corrected chi connectivity index (χ3v) is 4.82. The molecule has 6 nitrogen and oxygen atoms in total. The molecule has 1 aromatic carbocycles. The minimum atomic E-state index is -3.76. The van der Waals surface area contributed by atoms with Crippen molar-refractivity contribution >= 4 is 15.9 Å². The minimum Gasteiger partial charge on any atom is -0.508 e. The molecule has 0 radical (unpaired) electrons. The van der Waals surface area contributed by atoms with E-state index in [1.165, 1.54) is 24.3 Å². The molecule has 0 aromatic heterocycles. The van der Waals surface area contributed by atoms with Gasteiger partial charge in [-0.15, -0.1) is 0 Å². The van der Waals surface area contributed by atoms with Crippen LogP contribution in [-0.2, 0) is 14.8 Å². The summed E-state index contributed by atoms with van der Waals surface area (Å²) in [6.45, 7) is 2.91. The Kier molecular flexibility index (Phi) is 4.29. The summed E-state index contributed by atoms with van der Waals surface area (Å²) in [6, 6.07) is 4.38. The predicted octanol–water partition coefficient (Wildman–Crippen LogP) is 0.681. The van der Waals surface area contributed by atoms with Gasteiger partial charge in [-0.3, -0.25) is 4.79 Å². The molecular formula is C13H18N2O4S. The first-order valence-corrected chi connectivity index (χ1v) is 7.98. The van der Waals surface area contributed by atoms with Crippen LogP contribution in [-0.4, -0.2) is 43.5 Å². The van der Waals surface area contributed by atoms with Gasteiger partial charge in [0.15, 0.2) is 0 Å². The van der Waals surface area contributed by atoms with Gasteiger partial charge in [0.25, 0.3) is 0 Å². The van der Waals surface area contributed by atoms with Gasteiger partial charge in [-0.2, -0.15) is 4.72 Å². The molecule has 1 saturated heterocycles. The lowest BCUT2D eigenvalue weighted by Gasteiger charge is -2.21. The van der Waals surface area contributed by atoms with Crippen LogP contribution in [0.3, 0.4) is 0 Å². The van der Waals surface area contributed by atoms with E-state index in [1.54, 1.807) is 11.8 Å². The molecule has 20 heavy (non-hydrogen) atoms. The first-order chi connectivity index (χ1) is 9.40. The molecule has 0 spiro atoms. The lowest BCUT2D eigenvalue weighted by molar-refractivity contribution is -0.131. The normalized spacial score (nSPS) is 17.1. The van der Waals surface area contributed by atoms with Crippen LogP contribution in [0.15, 0.2) is 29.2 Å². The Balaban J connectivity index is 2.07. The zero-order chi connectivity index (χ0) is 14.8. The Morgan fingerprint density at radius 3 is 2.35 bits per heavy atom. The first-order valence-electron chi connectivity index (χ1n) is 6.50. The highest BCUT2D eigenvalue weighted by Crippen LogP contribution is 2.15. The largest absolute Gasteiger partial charge is 0.508 e. The average molecular weight is 298 g/mol. The number of carbonyl (C=O) groups excluding carboxylic acids is 1. The Bertz CT molecular complexity index is 577. The lowest BCUT2D eigenvalue weighted by atomic mass is 10.3. The fourth-order valence-corrected chi connectivity index (χ4v) is 3.38. The average Bonchev–Trinajstić information content (AvgIpc) is 2.91. The number of phenols is 1. The Morgan fingerprint density at radius 2 is 1.80 bits per heavy atom. The number of rotatable bonds is 4. The van der Waals surface area contributed by atoms with E-state index in [9.17, 15) is 13.2 Å². The van der Waals surface area contributed by atoms with Gasteiger partial charge in [0.1, 0.15) is 5.75 Å². The van der Waals surface area contributed by atoms with Gasteiger partial charge in [0.2, 0.25) is 15.9 Å². The van der Waals surface area contributed by atoms with Crippen molar-refractivity contribution < 1.29 is 18.3 Å². The van der Waals surface area contributed by atoms with E-state index in [4.69, 9.17) is 5.11 Å². The second-order valence-electron chi connectivity index (χ2n) is 4.87. The molecular weight excluding hydrogens is 280 g/mol. The zero-order valence-corrected chi connectivity index (χ0v) is 12.1. The number of amides is 1. The van der Waals surface area contributed by atoms with E-state index in [0.29, 0.717) is 13.1 Å². The standard InChI is InChI=1S/C13H18N2O4S/c1-10(13(17)15-8-2-3-9-15)14-20(18,19)12-6-4-11(16)5-7-12/h4-7,10,14,16H,2-3,8-9H2,1H3. The number of aromatic hydroxyl groups is 1. The van der Waals surface area contributed by atoms with E-state index < -0.39 is 16.1 Å². The summed E-state index contributed by atoms with van der Waals surface area (Å²) in [5.41, 5.74) is 0. The van der Waals surface area contributed by atoms with E-state index in [2.05, 4.69) is 4.72 Å². The summed E-state index contributed by atoms with van der Waals surface area (Å²) in [4.78, 5) is 13.8. The Morgan fingerprint density at radius 1 is 1.25 bits per heavy atom. The van der Waals surface area contributed by atoms with E-state index in [-0.39, 0.29) is 16.6 Å². The molecule has 0 aliphatic carbocycles. The third-order valence-electron chi connectivity index (χ3n) is 3.27. The molecule has 1 unspecified atom stereocenters. The van der Waals surface area contributed by atoms with Crippen molar-refractivity contribution in [3.63, 3.8) is 0 Å². The number of phenolic OH excluding ortho intramolecular Hbond substituents is 1. The number of sulfonamides is 1. The number of nitrogens with one attached hydrogen (secondary N) is 1. The van der Waals surface area contributed by atoms with Gasteiger partial charge in [0, 0.05) is 13.1 Å². The molecule has 1 fully saturated rings. The van der Waals surface area contributed by atoms with Crippen LogP contribution in [0.4, 0.5) is 0 Å². The topological polar surface area (TPSA) is 86.7 Å². The molecule has 1 heterocycles. The van der Waals surface area contributed by atoms with Crippen molar-refractivity contribution in [2.45, 2.75) is 30.7 Å². The van der Waals surface area contributed by atoms with Crippen molar-refractivity contribution in [2.75, 3.05) is 13.1 Å². The number of carbonyl (C=O) groups is 1. The molecule has 7 heteroatoms. The third kappa shape index (κ3) is 3.29. The molecule has 1 aromatic rings. The van der Waals surface area contributed by atoms with Crippen LogP contribution in [0.1, 0.15) is 19.8 Å². The van der Waals surface area contributed by atoms with Gasteiger partial charge in [-0.25, -0.2) is 8.42 Å². The smallest absolute Gasteiger partial charge is 0.241 e. The monoisotopic (exact) mass is 298 g/mol. The Labute approximate surface area is 118 Å². The predicted molar refractivity (Wildman–Crippen MR) is 73.7 cm³/mol. The SMILES string of the molecule is CC(NS(=O)(=O)c1ccc(O)cc1)C(=O)N1CCCC1. The van der Waals surface area contributed by atoms with Crippen LogP contribution in [0.5, 0.6) is 5.75 Å². The number of benzene rings is 1. The molecule has 1 atom stereocenters. The summed E-state index contributed by atoms with van der Waals surface area (Å²) < 4.78 is 26.6. The molecule has 0 bridgehead atoms. The molecule has 110 valence electrons. The van der Waals surface area contributed by atoms with Crippen LogP contribution in [0.2, 0.25) is 0 Å². The lowest BCUT2D eigenvalue weighted by Crippen LogP contribution is -2.45. The quantitative estimate of drug-likeness (QED) is 0.856. The van der Waals surface area contributed by atoms with Gasteiger partial charge in [-0.05, 0) is 44.0 Å². The van der Waals surface area contributed by atoms with Crippen molar-refractivity contribution in [3.8, 4) is 5.75 Å². The minimum absolute atomic E-state index is 0.00913. The molecule has 0 saturated carbocycles. The summed E-state index contributed by atoms with van der Waals surface area (Å²) in [5, 5.41) is 9.16. The van der Waals surface area contributed by atoms with Gasteiger partial charge in [-0.1, -0.05) is 0 Å². The van der Waals surface area contributed by atoms with Crippen molar-refractivity contribution in [3.05, 3.63) is 24.3 Å². The summed E-state index contributed by atoms with van der Waals surface area (Å²) in [7, 11) is -3.76. The van der Waals surface area contributed by atoms with E-state index >= 15 is 0 Å². The number of nitrogens with zero attached hydrogens (tertiary/aromatic N) is 1. The second kappa shape index (κ2) is 5.80. The molecule has 1 amide bonds. The van der Waals surface area contributed by atoms with E-state index in [0.717, 1.165) is 12.8 Å². The second-order valence-corrected chi connectivity index (χ2v) is 6.58. The maximum absolute atomic E-state index is 12.1. The van der Waals surface area contributed by atoms with E-state index in [1.807, 2.05) is 0 Å². The fourth-order valence-electron chi connectivity index (χ4n) is 2.19. The number of likely N-dealkylation sites (tertiary alicyclic amines) is 1. The highest BCUT2D eigenvalue weighted by atomic mass is 32.2. The van der Waals surface area contributed by atoms with Gasteiger partial charge >= 0.3 is 0 Å². The van der Waals surface area contributed by atoms with Gasteiger partial charge < -0.3 is 10.0 Å². The summed E-state index contributed by atoms with van der Waals surface area (Å²) in [6.07, 6.45) is 1.92. The van der Waals surface area contributed by atoms with Crippen LogP contribution < -0.4 is 4.72 Å². The molecule has 2 rings (SSSR count). The first kappa shape index (κ1) is 14.8. The zero-order valence-electron chi connectivity index (χ0n) is 11.2. The molecule has 1 aliphatic heterocycles. The maximum Gasteiger partial charge on any atom is 0.241 e. The fraction of sp³-hybridized carbons (Fsp3) is 0.462. The summed E-state index contributed by atoms with van der Waals surface area (Å²) >= 11 is 0. The van der Waals surface area contributed by atoms with Crippen LogP contribution in [0, 0.1) is 0 Å².